The lowest BCUT2D eigenvalue weighted by molar-refractivity contribution is -0.145. The van der Waals surface area contributed by atoms with Gasteiger partial charge in [0, 0.05) is 12.1 Å². The van der Waals surface area contributed by atoms with Crippen LogP contribution >= 0.6 is 0 Å². The van der Waals surface area contributed by atoms with Gasteiger partial charge in [0.15, 0.2) is 5.72 Å². The zero-order valence-electron chi connectivity index (χ0n) is 16.4. The Kier molecular flexibility index (Phi) is 5.19. The van der Waals surface area contributed by atoms with Gasteiger partial charge in [-0.2, -0.15) is 0 Å². The van der Waals surface area contributed by atoms with Crippen LogP contribution in [0.2, 0.25) is 0 Å². The molecular formula is C25H27NO2. The number of unbranched alkanes of at least 4 members (excludes halogenated alkanes) is 1. The maximum absolute atomic E-state index is 13.1. The van der Waals surface area contributed by atoms with Crippen molar-refractivity contribution in [1.29, 1.82) is 0 Å². The lowest BCUT2D eigenvalue weighted by Gasteiger charge is -2.36. The Hall–Kier alpha value is -2.65. The first-order valence-electron chi connectivity index (χ1n) is 10.2. The maximum Gasteiger partial charge on any atom is 0.256 e. The molecular weight excluding hydrogens is 346 g/mol. The highest BCUT2D eigenvalue weighted by atomic mass is 16.3. The molecule has 1 N–H and O–H groups in total. The summed E-state index contributed by atoms with van der Waals surface area (Å²) >= 11 is 0. The second-order valence-electron chi connectivity index (χ2n) is 7.71. The highest BCUT2D eigenvalue weighted by molar-refractivity contribution is 6.01. The van der Waals surface area contributed by atoms with E-state index >= 15 is 0 Å². The SMILES string of the molecule is CCCCC1(O)C2=C(C=CCC2)C(=O)N1Cc1cccc(-c2ccccc2)c1. The van der Waals surface area contributed by atoms with E-state index < -0.39 is 5.72 Å². The van der Waals surface area contributed by atoms with Crippen LogP contribution in [-0.4, -0.2) is 21.6 Å². The molecule has 0 bridgehead atoms. The van der Waals surface area contributed by atoms with Gasteiger partial charge in [0.1, 0.15) is 0 Å². The molecule has 2 aromatic carbocycles. The van der Waals surface area contributed by atoms with E-state index in [0.29, 0.717) is 18.5 Å². The second-order valence-corrected chi connectivity index (χ2v) is 7.71. The van der Waals surface area contributed by atoms with Gasteiger partial charge in [0.05, 0.1) is 0 Å². The van der Waals surface area contributed by atoms with Gasteiger partial charge in [-0.05, 0) is 54.0 Å². The van der Waals surface area contributed by atoms with Crippen molar-refractivity contribution in [2.24, 2.45) is 0 Å². The molecule has 0 fully saturated rings. The predicted octanol–water partition coefficient (Wildman–Crippen LogP) is 5.22. The summed E-state index contributed by atoms with van der Waals surface area (Å²) in [6.45, 7) is 2.53. The van der Waals surface area contributed by atoms with Crippen LogP contribution in [0.4, 0.5) is 0 Å². The Morgan fingerprint density at radius 1 is 1.07 bits per heavy atom. The number of aliphatic hydroxyl groups is 1. The van der Waals surface area contributed by atoms with Gasteiger partial charge in [0.2, 0.25) is 0 Å². The number of carbonyl (C=O) groups is 1. The third-order valence-electron chi connectivity index (χ3n) is 5.83. The van der Waals surface area contributed by atoms with E-state index in [0.717, 1.165) is 47.9 Å². The van der Waals surface area contributed by atoms with Crippen LogP contribution in [0, 0.1) is 0 Å². The Morgan fingerprint density at radius 2 is 1.86 bits per heavy atom. The van der Waals surface area contributed by atoms with Crippen molar-refractivity contribution in [3.63, 3.8) is 0 Å². The molecule has 3 heteroatoms. The summed E-state index contributed by atoms with van der Waals surface area (Å²) in [7, 11) is 0. The molecule has 1 aliphatic heterocycles. The molecule has 2 aliphatic rings. The molecule has 2 aromatic rings. The molecule has 0 aromatic heterocycles. The summed E-state index contributed by atoms with van der Waals surface area (Å²) in [5, 5.41) is 11.6. The largest absolute Gasteiger partial charge is 0.367 e. The normalized spacial score (nSPS) is 21.4. The molecule has 28 heavy (non-hydrogen) atoms. The molecule has 1 atom stereocenters. The highest BCUT2D eigenvalue weighted by Gasteiger charge is 2.49. The van der Waals surface area contributed by atoms with Gasteiger partial charge in [-0.15, -0.1) is 0 Å². The molecule has 0 spiro atoms. The summed E-state index contributed by atoms with van der Waals surface area (Å²) in [6, 6.07) is 18.5. The zero-order chi connectivity index (χ0) is 19.6. The van der Waals surface area contributed by atoms with Crippen molar-refractivity contribution in [1.82, 2.24) is 4.90 Å². The van der Waals surface area contributed by atoms with Crippen LogP contribution in [0.15, 0.2) is 77.9 Å². The fraction of sp³-hybridized carbons (Fsp3) is 0.320. The molecule has 4 rings (SSSR count). The molecule has 0 saturated carbocycles. The number of carbonyl (C=O) groups excluding carboxylic acids is 1. The standard InChI is InChI=1S/C25H27NO2/c1-2-3-16-25(28)23-15-8-7-14-22(23)24(27)26(25)18-19-10-9-13-21(17-19)20-11-5-4-6-12-20/h4-7,9-14,17,28H,2-3,8,15-16,18H2,1H3. The van der Waals surface area contributed by atoms with E-state index in [9.17, 15) is 9.90 Å². The molecule has 0 radical (unpaired) electrons. The van der Waals surface area contributed by atoms with Crippen LogP contribution in [0.1, 0.15) is 44.6 Å². The highest BCUT2D eigenvalue weighted by Crippen LogP contribution is 2.43. The van der Waals surface area contributed by atoms with Crippen molar-refractivity contribution in [2.45, 2.75) is 51.3 Å². The lowest BCUT2D eigenvalue weighted by atomic mass is 9.89. The zero-order valence-corrected chi connectivity index (χ0v) is 16.4. The topological polar surface area (TPSA) is 40.5 Å². The first-order valence-corrected chi connectivity index (χ1v) is 10.2. The molecule has 1 unspecified atom stereocenters. The number of nitrogens with zero attached hydrogens (tertiary/aromatic N) is 1. The number of amides is 1. The Morgan fingerprint density at radius 3 is 2.64 bits per heavy atom. The first kappa shape index (κ1) is 18.7. The number of rotatable bonds is 6. The predicted molar refractivity (Wildman–Crippen MR) is 112 cm³/mol. The van der Waals surface area contributed by atoms with E-state index in [4.69, 9.17) is 0 Å². The fourth-order valence-corrected chi connectivity index (χ4v) is 4.33. The Balaban J connectivity index is 1.65. The van der Waals surface area contributed by atoms with Crippen LogP contribution < -0.4 is 0 Å². The van der Waals surface area contributed by atoms with E-state index in [1.807, 2.05) is 42.5 Å². The minimum Gasteiger partial charge on any atom is -0.367 e. The van der Waals surface area contributed by atoms with Crippen LogP contribution in [0.5, 0.6) is 0 Å². The Bertz CT molecular complexity index is 929. The molecule has 3 nitrogen and oxygen atoms in total. The van der Waals surface area contributed by atoms with E-state index in [1.54, 1.807) is 4.90 Å². The van der Waals surface area contributed by atoms with Crippen LogP contribution in [0.3, 0.4) is 0 Å². The summed E-state index contributed by atoms with van der Waals surface area (Å²) in [6.07, 6.45) is 8.07. The first-order chi connectivity index (χ1) is 13.6. The monoisotopic (exact) mass is 373 g/mol. The van der Waals surface area contributed by atoms with Crippen molar-refractivity contribution < 1.29 is 9.90 Å². The van der Waals surface area contributed by atoms with E-state index in [1.165, 1.54) is 0 Å². The number of allylic oxidation sites excluding steroid dienone is 1. The quantitative estimate of drug-likeness (QED) is 0.754. The van der Waals surface area contributed by atoms with Gasteiger partial charge < -0.3 is 10.0 Å². The minimum atomic E-state index is -1.16. The number of hydrogen-bond donors (Lipinski definition) is 1. The van der Waals surface area contributed by atoms with Crippen molar-refractivity contribution >= 4 is 5.91 Å². The second kappa shape index (κ2) is 7.76. The van der Waals surface area contributed by atoms with Crippen molar-refractivity contribution in [2.75, 3.05) is 0 Å². The summed E-state index contributed by atoms with van der Waals surface area (Å²) in [4.78, 5) is 14.8. The van der Waals surface area contributed by atoms with Gasteiger partial charge >= 0.3 is 0 Å². The average molecular weight is 373 g/mol. The van der Waals surface area contributed by atoms with Gasteiger partial charge in [-0.25, -0.2) is 0 Å². The van der Waals surface area contributed by atoms with Gasteiger partial charge in [-0.1, -0.05) is 74.0 Å². The molecule has 1 amide bonds. The molecule has 144 valence electrons. The smallest absolute Gasteiger partial charge is 0.256 e. The summed E-state index contributed by atoms with van der Waals surface area (Å²) < 4.78 is 0. The number of benzene rings is 2. The third-order valence-corrected chi connectivity index (χ3v) is 5.83. The van der Waals surface area contributed by atoms with Crippen molar-refractivity contribution in [3.05, 3.63) is 83.5 Å². The van der Waals surface area contributed by atoms with E-state index in [2.05, 4.69) is 31.2 Å². The van der Waals surface area contributed by atoms with Crippen LogP contribution in [-0.2, 0) is 11.3 Å². The molecule has 0 saturated heterocycles. The molecule has 1 aliphatic carbocycles. The summed E-state index contributed by atoms with van der Waals surface area (Å²) in [5.74, 6) is -0.0466. The third kappa shape index (κ3) is 3.31. The molecule has 1 heterocycles. The van der Waals surface area contributed by atoms with Crippen LogP contribution in [0.25, 0.3) is 11.1 Å². The van der Waals surface area contributed by atoms with Gasteiger partial charge in [0.25, 0.3) is 5.91 Å². The van der Waals surface area contributed by atoms with Crippen molar-refractivity contribution in [3.8, 4) is 11.1 Å². The fourth-order valence-electron chi connectivity index (χ4n) is 4.33. The van der Waals surface area contributed by atoms with E-state index in [-0.39, 0.29) is 5.91 Å². The Labute approximate surface area is 167 Å². The maximum atomic E-state index is 13.1. The number of hydrogen-bond acceptors (Lipinski definition) is 2. The minimum absolute atomic E-state index is 0.0466. The lowest BCUT2D eigenvalue weighted by Crippen LogP contribution is -2.47. The summed E-state index contributed by atoms with van der Waals surface area (Å²) in [5.41, 5.74) is 3.76. The average Bonchev–Trinajstić information content (AvgIpc) is 2.96. The van der Waals surface area contributed by atoms with Gasteiger partial charge in [-0.3, -0.25) is 4.79 Å².